The molecule has 5 nitrogen and oxygen atoms in total. The molecule has 0 aliphatic carbocycles. The summed E-state index contributed by atoms with van der Waals surface area (Å²) in [5.74, 6) is -0.0699. The molecule has 1 aromatic carbocycles. The fourth-order valence-corrected chi connectivity index (χ4v) is 1.95. The smallest absolute Gasteiger partial charge is 0.307 e. The van der Waals surface area contributed by atoms with Crippen LogP contribution < -0.4 is 4.74 Å². The molecule has 0 aliphatic heterocycles. The lowest BCUT2D eigenvalue weighted by atomic mass is 9.96. The summed E-state index contributed by atoms with van der Waals surface area (Å²) < 4.78 is 5.08. The van der Waals surface area contributed by atoms with Crippen LogP contribution in [0.1, 0.15) is 11.4 Å². The predicted octanol–water partition coefficient (Wildman–Crippen LogP) is 1.97. The molecule has 2 rings (SSSR count). The maximum atomic E-state index is 11.4. The van der Waals surface area contributed by atoms with Gasteiger partial charge in [0.05, 0.1) is 13.0 Å². The molecule has 1 unspecified atom stereocenters. The fraction of sp³-hybridized carbons (Fsp3) is 0.267. The van der Waals surface area contributed by atoms with Gasteiger partial charge in [-0.25, -0.2) is 9.97 Å². The minimum absolute atomic E-state index is 0.322. The minimum Gasteiger partial charge on any atom is -0.497 e. The maximum Gasteiger partial charge on any atom is 0.307 e. The van der Waals surface area contributed by atoms with Gasteiger partial charge in [-0.3, -0.25) is 4.79 Å². The van der Waals surface area contributed by atoms with Crippen LogP contribution in [-0.2, 0) is 17.6 Å². The zero-order valence-corrected chi connectivity index (χ0v) is 11.2. The van der Waals surface area contributed by atoms with Crippen LogP contribution in [0.25, 0.3) is 0 Å². The van der Waals surface area contributed by atoms with E-state index in [1.54, 1.807) is 25.6 Å². The van der Waals surface area contributed by atoms with E-state index in [4.69, 9.17) is 4.74 Å². The second-order valence-electron chi connectivity index (χ2n) is 4.46. The van der Waals surface area contributed by atoms with Crippen molar-refractivity contribution in [2.75, 3.05) is 7.11 Å². The molecule has 20 heavy (non-hydrogen) atoms. The fourth-order valence-electron chi connectivity index (χ4n) is 1.95. The second-order valence-corrected chi connectivity index (χ2v) is 4.46. The molecule has 1 N–H and O–H groups in total. The van der Waals surface area contributed by atoms with Crippen molar-refractivity contribution < 1.29 is 14.6 Å². The molecule has 0 saturated heterocycles. The molecular weight excluding hydrogens is 256 g/mol. The third kappa shape index (κ3) is 3.78. The standard InChI is InChI=1S/C15H16N2O3/c1-20-13-5-3-11(4-6-13)9-12(15(18)19)10-14-16-7-2-8-17-14/h2-8,12H,9-10H2,1H3,(H,18,19). The SMILES string of the molecule is COc1ccc(CC(Cc2ncccn2)C(=O)O)cc1. The third-order valence-electron chi connectivity index (χ3n) is 3.04. The van der Waals surface area contributed by atoms with Crippen molar-refractivity contribution in [3.63, 3.8) is 0 Å². The summed E-state index contributed by atoms with van der Waals surface area (Å²) in [6.07, 6.45) is 4.00. The first kappa shape index (κ1) is 14.0. The Morgan fingerprint density at radius 3 is 2.40 bits per heavy atom. The van der Waals surface area contributed by atoms with Gasteiger partial charge in [0.25, 0.3) is 0 Å². The van der Waals surface area contributed by atoms with Crippen LogP contribution in [0.5, 0.6) is 5.75 Å². The molecule has 0 radical (unpaired) electrons. The summed E-state index contributed by atoms with van der Waals surface area (Å²) in [6, 6.07) is 9.12. The molecule has 2 aromatic rings. The van der Waals surface area contributed by atoms with Gasteiger partial charge in [-0.2, -0.15) is 0 Å². The number of methoxy groups -OCH3 is 1. The molecule has 0 amide bonds. The molecule has 0 bridgehead atoms. The van der Waals surface area contributed by atoms with Gasteiger partial charge >= 0.3 is 5.97 Å². The normalized spacial score (nSPS) is 11.8. The molecule has 5 heteroatoms. The first-order valence-electron chi connectivity index (χ1n) is 6.30. The Morgan fingerprint density at radius 1 is 1.20 bits per heavy atom. The Labute approximate surface area is 117 Å². The number of aromatic nitrogens is 2. The minimum atomic E-state index is -0.840. The van der Waals surface area contributed by atoms with E-state index in [-0.39, 0.29) is 0 Å². The van der Waals surface area contributed by atoms with Crippen LogP contribution in [0.2, 0.25) is 0 Å². The van der Waals surface area contributed by atoms with E-state index < -0.39 is 11.9 Å². The van der Waals surface area contributed by atoms with Crippen molar-refractivity contribution in [2.45, 2.75) is 12.8 Å². The Balaban J connectivity index is 2.07. The van der Waals surface area contributed by atoms with Gasteiger partial charge in [0.2, 0.25) is 0 Å². The van der Waals surface area contributed by atoms with Crippen LogP contribution >= 0.6 is 0 Å². The van der Waals surface area contributed by atoms with Crippen LogP contribution in [0.4, 0.5) is 0 Å². The van der Waals surface area contributed by atoms with Gasteiger partial charge in [0.1, 0.15) is 11.6 Å². The van der Waals surface area contributed by atoms with Gasteiger partial charge in [0, 0.05) is 18.8 Å². The number of benzene rings is 1. The van der Waals surface area contributed by atoms with E-state index in [0.29, 0.717) is 18.7 Å². The van der Waals surface area contributed by atoms with Crippen LogP contribution in [0.3, 0.4) is 0 Å². The van der Waals surface area contributed by atoms with E-state index >= 15 is 0 Å². The lowest BCUT2D eigenvalue weighted by Gasteiger charge is -2.11. The van der Waals surface area contributed by atoms with Gasteiger partial charge in [-0.05, 0) is 30.2 Å². The summed E-state index contributed by atoms with van der Waals surface area (Å²) in [5, 5.41) is 9.32. The summed E-state index contributed by atoms with van der Waals surface area (Å²) in [7, 11) is 1.60. The average Bonchev–Trinajstić information content (AvgIpc) is 2.48. The van der Waals surface area contributed by atoms with E-state index in [0.717, 1.165) is 11.3 Å². The predicted molar refractivity (Wildman–Crippen MR) is 73.6 cm³/mol. The number of hydrogen-bond acceptors (Lipinski definition) is 4. The zero-order valence-electron chi connectivity index (χ0n) is 11.2. The van der Waals surface area contributed by atoms with Crippen LogP contribution in [0.15, 0.2) is 42.7 Å². The number of carboxylic acids is 1. The topological polar surface area (TPSA) is 72.3 Å². The molecule has 0 aliphatic rings. The van der Waals surface area contributed by atoms with Crippen LogP contribution in [0, 0.1) is 5.92 Å². The maximum absolute atomic E-state index is 11.4. The lowest BCUT2D eigenvalue weighted by Crippen LogP contribution is -2.20. The zero-order chi connectivity index (χ0) is 14.4. The first-order chi connectivity index (χ1) is 9.69. The highest BCUT2D eigenvalue weighted by atomic mass is 16.5. The van der Waals surface area contributed by atoms with Crippen LogP contribution in [-0.4, -0.2) is 28.2 Å². The van der Waals surface area contributed by atoms with Crippen molar-refractivity contribution in [1.82, 2.24) is 9.97 Å². The number of rotatable bonds is 6. The van der Waals surface area contributed by atoms with Crippen molar-refractivity contribution in [1.29, 1.82) is 0 Å². The molecule has 1 heterocycles. The average molecular weight is 272 g/mol. The lowest BCUT2D eigenvalue weighted by molar-refractivity contribution is -0.141. The monoisotopic (exact) mass is 272 g/mol. The van der Waals surface area contributed by atoms with Crippen molar-refractivity contribution in [3.8, 4) is 5.75 Å². The highest BCUT2D eigenvalue weighted by molar-refractivity contribution is 5.70. The Hall–Kier alpha value is -2.43. The number of carboxylic acid groups (broad SMARTS) is 1. The summed E-state index contributed by atoms with van der Waals surface area (Å²) >= 11 is 0. The Kier molecular flexibility index (Phi) is 4.65. The quantitative estimate of drug-likeness (QED) is 0.870. The van der Waals surface area contributed by atoms with Crippen molar-refractivity contribution in [3.05, 3.63) is 54.1 Å². The number of ether oxygens (including phenoxy) is 1. The number of carbonyl (C=O) groups is 1. The molecule has 0 saturated carbocycles. The second kappa shape index (κ2) is 6.65. The first-order valence-corrected chi connectivity index (χ1v) is 6.30. The van der Waals surface area contributed by atoms with Crippen molar-refractivity contribution >= 4 is 5.97 Å². The van der Waals surface area contributed by atoms with E-state index in [1.807, 2.05) is 24.3 Å². The molecule has 0 fully saturated rings. The molecular formula is C15H16N2O3. The van der Waals surface area contributed by atoms with Crippen molar-refractivity contribution in [2.24, 2.45) is 5.92 Å². The van der Waals surface area contributed by atoms with Gasteiger partial charge in [0.15, 0.2) is 0 Å². The van der Waals surface area contributed by atoms with Gasteiger partial charge in [-0.1, -0.05) is 12.1 Å². The Morgan fingerprint density at radius 2 is 1.85 bits per heavy atom. The highest BCUT2D eigenvalue weighted by Crippen LogP contribution is 2.16. The molecule has 1 atom stereocenters. The van der Waals surface area contributed by atoms with Gasteiger partial charge < -0.3 is 9.84 Å². The summed E-state index contributed by atoms with van der Waals surface area (Å²) in [4.78, 5) is 19.5. The number of hydrogen-bond donors (Lipinski definition) is 1. The number of aliphatic carboxylic acids is 1. The molecule has 0 spiro atoms. The van der Waals surface area contributed by atoms with E-state index in [2.05, 4.69) is 9.97 Å². The summed E-state index contributed by atoms with van der Waals surface area (Å²) in [6.45, 7) is 0. The number of nitrogens with zero attached hydrogens (tertiary/aromatic N) is 2. The largest absolute Gasteiger partial charge is 0.497 e. The Bertz CT molecular complexity index is 555. The van der Waals surface area contributed by atoms with Gasteiger partial charge in [-0.15, -0.1) is 0 Å². The molecule has 1 aromatic heterocycles. The summed E-state index contributed by atoms with van der Waals surface area (Å²) in [5.41, 5.74) is 0.953. The van der Waals surface area contributed by atoms with E-state index in [1.165, 1.54) is 0 Å². The third-order valence-corrected chi connectivity index (χ3v) is 3.04. The molecule has 104 valence electrons. The van der Waals surface area contributed by atoms with E-state index in [9.17, 15) is 9.90 Å². The highest BCUT2D eigenvalue weighted by Gasteiger charge is 2.19.